The molecule has 0 spiro atoms. The Kier molecular flexibility index (Phi) is 4.21. The van der Waals surface area contributed by atoms with Gasteiger partial charge in [0.2, 0.25) is 0 Å². The van der Waals surface area contributed by atoms with Crippen LogP contribution in [0.3, 0.4) is 0 Å². The molecule has 1 aromatic carbocycles. The number of methoxy groups -OCH3 is 1. The minimum Gasteiger partial charge on any atom is -0.466 e. The van der Waals surface area contributed by atoms with E-state index < -0.39 is 17.7 Å². The number of hydrogen-bond acceptors (Lipinski definition) is 4. The van der Waals surface area contributed by atoms with Crippen LogP contribution in [0, 0.1) is 0 Å². The van der Waals surface area contributed by atoms with E-state index in [1.807, 2.05) is 13.0 Å². The highest BCUT2D eigenvalue weighted by molar-refractivity contribution is 6.52. The molecule has 2 rings (SSSR count). The van der Waals surface area contributed by atoms with Gasteiger partial charge in [-0.3, -0.25) is 9.59 Å². The average molecular weight is 287 g/mol. The van der Waals surface area contributed by atoms with E-state index in [1.54, 1.807) is 25.1 Å². The fourth-order valence-electron chi connectivity index (χ4n) is 2.22. The molecule has 0 radical (unpaired) electrons. The van der Waals surface area contributed by atoms with Crippen LogP contribution in [0.25, 0.3) is 0 Å². The predicted octanol–water partition coefficient (Wildman–Crippen LogP) is 1.90. The first-order chi connectivity index (χ1) is 9.99. The maximum atomic E-state index is 12.0. The number of aryl methyl sites for hydroxylation is 1. The second kappa shape index (κ2) is 5.91. The summed E-state index contributed by atoms with van der Waals surface area (Å²) in [5, 5.41) is 0. The molecule has 0 N–H and O–H groups in total. The van der Waals surface area contributed by atoms with Gasteiger partial charge in [-0.25, -0.2) is 4.79 Å². The lowest BCUT2D eigenvalue weighted by Crippen LogP contribution is -2.30. The van der Waals surface area contributed by atoms with Gasteiger partial charge in [-0.05, 0) is 31.0 Å². The van der Waals surface area contributed by atoms with E-state index in [2.05, 4.69) is 4.74 Å². The standard InChI is InChI=1S/C16H17NO4/c1-4-11-5-6-13-12(9-11)14(18)15(19)17(13)8-7-10(2)16(20)21-3/h5-7,9H,4,8H2,1-3H3. The Morgan fingerprint density at radius 3 is 2.67 bits per heavy atom. The summed E-state index contributed by atoms with van der Waals surface area (Å²) in [6.45, 7) is 3.77. The van der Waals surface area contributed by atoms with E-state index >= 15 is 0 Å². The summed E-state index contributed by atoms with van der Waals surface area (Å²) in [4.78, 5) is 36.8. The van der Waals surface area contributed by atoms with Gasteiger partial charge in [-0.2, -0.15) is 0 Å². The van der Waals surface area contributed by atoms with Gasteiger partial charge in [0.15, 0.2) is 0 Å². The molecule has 1 heterocycles. The minimum absolute atomic E-state index is 0.171. The van der Waals surface area contributed by atoms with Crippen LogP contribution in [-0.2, 0) is 20.7 Å². The van der Waals surface area contributed by atoms with Crippen LogP contribution in [0.2, 0.25) is 0 Å². The molecule has 0 fully saturated rings. The first kappa shape index (κ1) is 15.0. The van der Waals surface area contributed by atoms with Crippen molar-refractivity contribution < 1.29 is 19.1 Å². The van der Waals surface area contributed by atoms with Gasteiger partial charge in [0.05, 0.1) is 18.4 Å². The average Bonchev–Trinajstić information content (AvgIpc) is 2.75. The van der Waals surface area contributed by atoms with E-state index in [-0.39, 0.29) is 6.54 Å². The van der Waals surface area contributed by atoms with Crippen molar-refractivity contribution in [3.8, 4) is 0 Å². The summed E-state index contributed by atoms with van der Waals surface area (Å²) in [7, 11) is 1.30. The summed E-state index contributed by atoms with van der Waals surface area (Å²) in [5.74, 6) is -1.51. The van der Waals surface area contributed by atoms with E-state index in [1.165, 1.54) is 12.0 Å². The maximum Gasteiger partial charge on any atom is 0.333 e. The van der Waals surface area contributed by atoms with Crippen molar-refractivity contribution in [1.29, 1.82) is 0 Å². The minimum atomic E-state index is -0.563. The zero-order valence-corrected chi connectivity index (χ0v) is 12.3. The second-order valence-corrected chi connectivity index (χ2v) is 4.83. The smallest absolute Gasteiger partial charge is 0.333 e. The lowest BCUT2D eigenvalue weighted by Gasteiger charge is -2.14. The topological polar surface area (TPSA) is 63.7 Å². The Morgan fingerprint density at radius 1 is 1.33 bits per heavy atom. The largest absolute Gasteiger partial charge is 0.466 e. The van der Waals surface area contributed by atoms with Crippen molar-refractivity contribution in [1.82, 2.24) is 0 Å². The van der Waals surface area contributed by atoms with E-state index in [9.17, 15) is 14.4 Å². The monoisotopic (exact) mass is 287 g/mol. The third-order valence-corrected chi connectivity index (χ3v) is 3.53. The maximum absolute atomic E-state index is 12.0. The highest BCUT2D eigenvalue weighted by Crippen LogP contribution is 2.29. The molecule has 0 aliphatic carbocycles. The number of hydrogen-bond donors (Lipinski definition) is 0. The summed E-state index contributed by atoms with van der Waals surface area (Å²) < 4.78 is 4.60. The zero-order valence-electron chi connectivity index (χ0n) is 12.3. The molecule has 110 valence electrons. The van der Waals surface area contributed by atoms with Gasteiger partial charge in [-0.15, -0.1) is 0 Å². The Balaban J connectivity index is 2.29. The summed E-state index contributed by atoms with van der Waals surface area (Å²) in [5.41, 5.74) is 2.44. The third kappa shape index (κ3) is 2.72. The van der Waals surface area contributed by atoms with Crippen LogP contribution in [0.15, 0.2) is 29.8 Å². The Morgan fingerprint density at radius 2 is 2.05 bits per heavy atom. The molecule has 0 atom stereocenters. The van der Waals surface area contributed by atoms with Gasteiger partial charge in [0.25, 0.3) is 11.7 Å². The van der Waals surface area contributed by atoms with E-state index in [0.717, 1.165) is 12.0 Å². The summed E-state index contributed by atoms with van der Waals surface area (Å²) in [6.07, 6.45) is 2.38. The van der Waals surface area contributed by atoms with Gasteiger partial charge >= 0.3 is 5.97 Å². The van der Waals surface area contributed by atoms with E-state index in [4.69, 9.17) is 0 Å². The quantitative estimate of drug-likeness (QED) is 0.482. The normalized spacial score (nSPS) is 14.4. The highest BCUT2D eigenvalue weighted by Gasteiger charge is 2.35. The molecule has 1 aromatic rings. The van der Waals surface area contributed by atoms with Crippen molar-refractivity contribution in [2.45, 2.75) is 20.3 Å². The molecule has 1 aliphatic heterocycles. The first-order valence-electron chi connectivity index (χ1n) is 6.73. The molecule has 5 nitrogen and oxygen atoms in total. The third-order valence-electron chi connectivity index (χ3n) is 3.53. The molecule has 0 saturated carbocycles. The van der Waals surface area contributed by atoms with Gasteiger partial charge in [-0.1, -0.05) is 19.1 Å². The van der Waals surface area contributed by atoms with Crippen molar-refractivity contribution >= 4 is 23.3 Å². The number of ether oxygens (including phenoxy) is 1. The molecule has 0 unspecified atom stereocenters. The number of anilines is 1. The van der Waals surface area contributed by atoms with Crippen LogP contribution in [0.5, 0.6) is 0 Å². The number of esters is 1. The fourth-order valence-corrected chi connectivity index (χ4v) is 2.22. The second-order valence-electron chi connectivity index (χ2n) is 4.83. The predicted molar refractivity (Wildman–Crippen MR) is 78.3 cm³/mol. The van der Waals surface area contributed by atoms with Crippen molar-refractivity contribution in [3.05, 3.63) is 41.0 Å². The van der Waals surface area contributed by atoms with Gasteiger partial charge in [0, 0.05) is 12.1 Å². The Bertz CT molecular complexity index is 646. The molecule has 1 amide bonds. The summed E-state index contributed by atoms with van der Waals surface area (Å²) >= 11 is 0. The SMILES string of the molecule is CCc1ccc2c(c1)C(=O)C(=O)N2CC=C(C)C(=O)OC. The van der Waals surface area contributed by atoms with Crippen LogP contribution in [0.1, 0.15) is 29.8 Å². The first-order valence-corrected chi connectivity index (χ1v) is 6.73. The molecule has 0 aromatic heterocycles. The number of ketones is 1. The van der Waals surface area contributed by atoms with Crippen LogP contribution in [-0.4, -0.2) is 31.3 Å². The highest BCUT2D eigenvalue weighted by atomic mass is 16.5. The number of fused-ring (bicyclic) bond motifs is 1. The molecule has 1 aliphatic rings. The van der Waals surface area contributed by atoms with Crippen LogP contribution < -0.4 is 4.90 Å². The fraction of sp³-hybridized carbons (Fsp3) is 0.312. The molecule has 0 bridgehead atoms. The lowest BCUT2D eigenvalue weighted by atomic mass is 10.1. The van der Waals surface area contributed by atoms with Crippen molar-refractivity contribution in [2.24, 2.45) is 0 Å². The van der Waals surface area contributed by atoms with Crippen LogP contribution >= 0.6 is 0 Å². The number of carbonyl (C=O) groups excluding carboxylic acids is 3. The molecular formula is C16H17NO4. The molecule has 5 heteroatoms. The lowest BCUT2D eigenvalue weighted by molar-refractivity contribution is -0.136. The van der Waals surface area contributed by atoms with Gasteiger partial charge in [0.1, 0.15) is 0 Å². The number of Topliss-reactive ketones (excluding diaryl/α,β-unsaturated/α-hetero) is 1. The molecule has 21 heavy (non-hydrogen) atoms. The zero-order chi connectivity index (χ0) is 15.6. The Hall–Kier alpha value is -2.43. The molecular weight excluding hydrogens is 270 g/mol. The number of amides is 1. The number of rotatable bonds is 4. The summed E-state index contributed by atoms with van der Waals surface area (Å²) in [6, 6.07) is 5.43. The van der Waals surface area contributed by atoms with Crippen molar-refractivity contribution in [3.63, 3.8) is 0 Å². The van der Waals surface area contributed by atoms with Gasteiger partial charge < -0.3 is 9.64 Å². The Labute approximate surface area is 123 Å². The number of nitrogens with zero attached hydrogens (tertiary/aromatic N) is 1. The van der Waals surface area contributed by atoms with E-state index in [0.29, 0.717) is 16.8 Å². The molecule has 0 saturated heterocycles. The number of carbonyl (C=O) groups is 3. The van der Waals surface area contributed by atoms with Crippen LogP contribution in [0.4, 0.5) is 5.69 Å². The van der Waals surface area contributed by atoms with Crippen molar-refractivity contribution in [2.75, 3.05) is 18.6 Å². The number of benzene rings is 1.